The van der Waals surface area contributed by atoms with Gasteiger partial charge in [0.15, 0.2) is 11.5 Å². The Morgan fingerprint density at radius 3 is 2.21 bits per heavy atom. The molecule has 0 bridgehead atoms. The number of thioether (sulfide) groups is 1. The van der Waals surface area contributed by atoms with Crippen molar-refractivity contribution in [3.8, 4) is 11.5 Å². The zero-order chi connectivity index (χ0) is 36.6. The predicted molar refractivity (Wildman–Crippen MR) is 204 cm³/mol. The number of hydrogen-bond donors (Lipinski definition) is 2. The predicted octanol–water partition coefficient (Wildman–Crippen LogP) is 7.78. The van der Waals surface area contributed by atoms with Crippen LogP contribution in [0, 0.1) is 0 Å². The number of ether oxygens (including phenoxy) is 2. The van der Waals surface area contributed by atoms with Crippen LogP contribution < -0.4 is 25.0 Å². The van der Waals surface area contributed by atoms with E-state index >= 15 is 0 Å². The second-order valence-electron chi connectivity index (χ2n) is 11.8. The average molecular weight is 732 g/mol. The van der Waals surface area contributed by atoms with Gasteiger partial charge in [0.05, 0.1) is 25.2 Å². The molecule has 1 atom stereocenters. The molecule has 52 heavy (non-hydrogen) atoms. The lowest BCUT2D eigenvalue weighted by Crippen LogP contribution is -2.31. The number of nitrogens with zero attached hydrogens (tertiary/aromatic N) is 1. The number of benzene rings is 5. The molecule has 1 heterocycles. The van der Waals surface area contributed by atoms with Crippen molar-refractivity contribution in [3.63, 3.8) is 0 Å². The summed E-state index contributed by atoms with van der Waals surface area (Å²) in [6.45, 7) is 0. The van der Waals surface area contributed by atoms with Crippen molar-refractivity contribution in [2.75, 3.05) is 24.4 Å². The van der Waals surface area contributed by atoms with Gasteiger partial charge in [0.1, 0.15) is 5.70 Å². The summed E-state index contributed by atoms with van der Waals surface area (Å²) in [5.74, 6) is -0.645. The molecule has 1 aliphatic heterocycles. The molecule has 0 radical (unpaired) electrons. The third kappa shape index (κ3) is 8.71. The molecule has 5 aromatic rings. The van der Waals surface area contributed by atoms with E-state index in [2.05, 4.69) is 10.6 Å². The number of methoxy groups -OCH3 is 2. The van der Waals surface area contributed by atoms with Crippen molar-refractivity contribution in [1.82, 2.24) is 5.32 Å². The Kier molecular flexibility index (Phi) is 11.4. The summed E-state index contributed by atoms with van der Waals surface area (Å²) < 4.78 is 10.7. The first-order valence-electron chi connectivity index (χ1n) is 16.3. The van der Waals surface area contributed by atoms with Crippen LogP contribution in [-0.4, -0.2) is 43.1 Å². The monoisotopic (exact) mass is 731 g/mol. The number of carbonyl (C=O) groups excluding carboxylic acids is 4. The Balaban J connectivity index is 1.15. The number of carbonyl (C=O) groups is 4. The SMILES string of the molecule is COc1ccc(/C=C(\NC(=O)c2ccccc2)C(=O)Nc2cccc(S[C@@H]3CC(=O)N(c4ccc(Cc5ccc(Cl)cc5)cc4)C3=O)c2)cc1OC. The highest BCUT2D eigenvalue weighted by Crippen LogP contribution is 2.35. The first-order chi connectivity index (χ1) is 25.2. The minimum atomic E-state index is -0.641. The lowest BCUT2D eigenvalue weighted by molar-refractivity contribution is -0.121. The van der Waals surface area contributed by atoms with Gasteiger partial charge in [-0.25, -0.2) is 4.90 Å². The van der Waals surface area contributed by atoms with E-state index in [1.165, 1.54) is 30.9 Å². The molecular weight excluding hydrogens is 698 g/mol. The highest BCUT2D eigenvalue weighted by atomic mass is 35.5. The molecular formula is C41H34ClN3O6S. The highest BCUT2D eigenvalue weighted by molar-refractivity contribution is 8.00. The number of nitrogens with one attached hydrogen (secondary N) is 2. The summed E-state index contributed by atoms with van der Waals surface area (Å²) in [5, 5.41) is 5.62. The lowest BCUT2D eigenvalue weighted by atomic mass is 10.0. The topological polar surface area (TPSA) is 114 Å². The Bertz CT molecular complexity index is 2140. The third-order valence-electron chi connectivity index (χ3n) is 8.24. The van der Waals surface area contributed by atoms with E-state index in [0.717, 1.165) is 11.1 Å². The van der Waals surface area contributed by atoms with Crippen molar-refractivity contribution < 1.29 is 28.7 Å². The molecule has 4 amide bonds. The van der Waals surface area contributed by atoms with Crippen molar-refractivity contribution >= 4 is 64.4 Å². The van der Waals surface area contributed by atoms with E-state index in [4.69, 9.17) is 21.1 Å². The first kappa shape index (κ1) is 36.0. The molecule has 1 fully saturated rings. The molecule has 0 saturated carbocycles. The maximum atomic E-state index is 13.7. The minimum Gasteiger partial charge on any atom is -0.493 e. The normalized spacial score (nSPS) is 14.2. The molecule has 0 aliphatic carbocycles. The molecule has 0 aromatic heterocycles. The fourth-order valence-electron chi connectivity index (χ4n) is 5.63. The molecule has 1 aliphatic rings. The van der Waals surface area contributed by atoms with Gasteiger partial charge in [-0.1, -0.05) is 66.2 Å². The van der Waals surface area contributed by atoms with Crippen molar-refractivity contribution in [2.24, 2.45) is 0 Å². The molecule has 6 rings (SSSR count). The van der Waals surface area contributed by atoms with Gasteiger partial charge >= 0.3 is 0 Å². The zero-order valence-electron chi connectivity index (χ0n) is 28.3. The van der Waals surface area contributed by atoms with Crippen molar-refractivity contribution in [1.29, 1.82) is 0 Å². The third-order valence-corrected chi connectivity index (χ3v) is 9.67. The number of imide groups is 1. The molecule has 0 spiro atoms. The van der Waals surface area contributed by atoms with E-state index < -0.39 is 17.1 Å². The van der Waals surface area contributed by atoms with Crippen LogP contribution in [0.1, 0.15) is 33.5 Å². The number of rotatable bonds is 12. The molecule has 262 valence electrons. The molecule has 5 aromatic carbocycles. The first-order valence-corrected chi connectivity index (χ1v) is 17.5. The maximum Gasteiger partial charge on any atom is 0.272 e. The van der Waals surface area contributed by atoms with Crippen LogP contribution in [0.5, 0.6) is 11.5 Å². The molecule has 9 nitrogen and oxygen atoms in total. The zero-order valence-corrected chi connectivity index (χ0v) is 29.9. The van der Waals surface area contributed by atoms with Crippen molar-refractivity contribution in [2.45, 2.75) is 23.0 Å². The highest BCUT2D eigenvalue weighted by Gasteiger charge is 2.40. The Labute approximate surface area is 310 Å². The second kappa shape index (κ2) is 16.5. The van der Waals surface area contributed by atoms with E-state index in [1.807, 2.05) is 42.5 Å². The minimum absolute atomic E-state index is 0.00878. The Morgan fingerprint density at radius 2 is 1.52 bits per heavy atom. The van der Waals surface area contributed by atoms with Crippen LogP contribution >= 0.6 is 23.4 Å². The summed E-state index contributed by atoms with van der Waals surface area (Å²) >= 11 is 7.25. The summed E-state index contributed by atoms with van der Waals surface area (Å²) in [7, 11) is 3.04. The second-order valence-corrected chi connectivity index (χ2v) is 13.5. The smallest absolute Gasteiger partial charge is 0.272 e. The van der Waals surface area contributed by atoms with Gasteiger partial charge in [-0.3, -0.25) is 19.2 Å². The van der Waals surface area contributed by atoms with Crippen LogP contribution in [0.3, 0.4) is 0 Å². The Morgan fingerprint density at radius 1 is 0.827 bits per heavy atom. The fraction of sp³-hybridized carbons (Fsp3) is 0.122. The number of hydrogen-bond acceptors (Lipinski definition) is 7. The van der Waals surface area contributed by atoms with Crippen LogP contribution in [-0.2, 0) is 20.8 Å². The summed E-state index contributed by atoms with van der Waals surface area (Å²) in [6, 6.07) is 35.7. The van der Waals surface area contributed by atoms with Crippen LogP contribution in [0.15, 0.2) is 132 Å². The largest absolute Gasteiger partial charge is 0.493 e. The van der Waals surface area contributed by atoms with Crippen LogP contribution in [0.4, 0.5) is 11.4 Å². The summed E-state index contributed by atoms with van der Waals surface area (Å²) in [6.07, 6.45) is 2.27. The maximum absolute atomic E-state index is 13.7. The lowest BCUT2D eigenvalue weighted by Gasteiger charge is -2.16. The fourth-order valence-corrected chi connectivity index (χ4v) is 6.87. The van der Waals surface area contributed by atoms with Crippen LogP contribution in [0.2, 0.25) is 5.02 Å². The van der Waals surface area contributed by atoms with Gasteiger partial charge in [-0.15, -0.1) is 11.8 Å². The van der Waals surface area contributed by atoms with E-state index in [1.54, 1.807) is 84.9 Å². The molecule has 2 N–H and O–H groups in total. The van der Waals surface area contributed by atoms with Gasteiger partial charge in [0.2, 0.25) is 11.8 Å². The summed E-state index contributed by atoms with van der Waals surface area (Å²) in [4.78, 5) is 55.3. The van der Waals surface area contributed by atoms with Gasteiger partial charge in [-0.05, 0) is 95.9 Å². The van der Waals surface area contributed by atoms with Gasteiger partial charge in [-0.2, -0.15) is 0 Å². The van der Waals surface area contributed by atoms with Crippen molar-refractivity contribution in [3.05, 3.63) is 154 Å². The van der Waals surface area contributed by atoms with Gasteiger partial charge in [0.25, 0.3) is 11.8 Å². The standard InChI is InChI=1S/C41H34ClN3O6S/c1-50-35-20-15-28(23-36(35)51-2)22-34(44-39(47)29-7-4-3-5-8-29)40(48)43-31-9-6-10-33(24-31)52-37-25-38(46)45(41(37)49)32-18-13-27(14-19-32)21-26-11-16-30(42)17-12-26/h3-20,22-24,37H,21,25H2,1-2H3,(H,43,48)(H,44,47)/b34-22-/t37-/m1/s1. The molecule has 11 heteroatoms. The summed E-state index contributed by atoms with van der Waals surface area (Å²) in [5.41, 5.74) is 4.05. The quantitative estimate of drug-likeness (QED) is 0.0995. The number of anilines is 2. The van der Waals surface area contributed by atoms with E-state index in [9.17, 15) is 19.2 Å². The van der Waals surface area contributed by atoms with E-state index in [-0.39, 0.29) is 23.9 Å². The van der Waals surface area contributed by atoms with Crippen LogP contribution in [0.25, 0.3) is 6.08 Å². The molecule has 1 saturated heterocycles. The number of halogens is 1. The number of amides is 4. The Hall–Kier alpha value is -5.84. The van der Waals surface area contributed by atoms with Gasteiger partial charge < -0.3 is 20.1 Å². The van der Waals surface area contributed by atoms with Gasteiger partial charge in [0, 0.05) is 27.6 Å². The average Bonchev–Trinajstić information content (AvgIpc) is 3.44. The molecule has 0 unspecified atom stereocenters. The van der Waals surface area contributed by atoms with E-state index in [0.29, 0.717) is 50.3 Å².